The minimum atomic E-state index is -0.00568. The van der Waals surface area contributed by atoms with Crippen LogP contribution in [-0.4, -0.2) is 68.3 Å². The van der Waals surface area contributed by atoms with Gasteiger partial charge in [-0.3, -0.25) is 4.79 Å². The molecule has 4 rings (SSSR count). The van der Waals surface area contributed by atoms with Crippen LogP contribution in [0.25, 0.3) is 5.82 Å². The second-order valence-corrected chi connectivity index (χ2v) is 6.98. The van der Waals surface area contributed by atoms with E-state index in [1.807, 2.05) is 36.1 Å². The summed E-state index contributed by atoms with van der Waals surface area (Å²) in [6.45, 7) is 6.77. The lowest BCUT2D eigenvalue weighted by molar-refractivity contribution is -0.133. The number of carbonyl (C=O) groups excluding carboxylic acids is 1. The highest BCUT2D eigenvalue weighted by Crippen LogP contribution is 2.18. The molecule has 0 N–H and O–H groups in total. The number of ether oxygens (including phenoxy) is 1. The van der Waals surface area contributed by atoms with E-state index in [2.05, 4.69) is 31.9 Å². The molecule has 1 aliphatic rings. The van der Waals surface area contributed by atoms with Gasteiger partial charge in [-0.15, -0.1) is 0 Å². The summed E-state index contributed by atoms with van der Waals surface area (Å²) in [6, 6.07) is 7.73. The first-order chi connectivity index (χ1) is 14.1. The van der Waals surface area contributed by atoms with Gasteiger partial charge >= 0.3 is 0 Å². The van der Waals surface area contributed by atoms with Crippen molar-refractivity contribution in [2.45, 2.75) is 13.8 Å². The predicted octanol–water partition coefficient (Wildman–Crippen LogP) is 1.40. The molecular weight excluding hydrogens is 370 g/mol. The summed E-state index contributed by atoms with van der Waals surface area (Å²) < 4.78 is 7.28. The first kappa shape index (κ1) is 18.9. The molecule has 1 amide bonds. The van der Waals surface area contributed by atoms with Crippen molar-refractivity contribution in [3.05, 3.63) is 54.4 Å². The van der Waals surface area contributed by atoms with E-state index in [0.29, 0.717) is 32.0 Å². The molecule has 9 nitrogen and oxygen atoms in total. The fourth-order valence-corrected chi connectivity index (χ4v) is 3.19. The molecule has 1 saturated heterocycles. The quantitative estimate of drug-likeness (QED) is 0.647. The van der Waals surface area contributed by atoms with Crippen molar-refractivity contribution in [2.24, 2.45) is 0 Å². The van der Waals surface area contributed by atoms with Crippen molar-refractivity contribution in [2.75, 3.05) is 37.7 Å². The Balaban J connectivity index is 1.31. The number of hydrogen-bond acceptors (Lipinski definition) is 7. The molecule has 0 saturated carbocycles. The van der Waals surface area contributed by atoms with Gasteiger partial charge in [-0.05, 0) is 37.1 Å². The van der Waals surface area contributed by atoms with Gasteiger partial charge in [0.05, 0.1) is 0 Å². The molecule has 9 heteroatoms. The van der Waals surface area contributed by atoms with Gasteiger partial charge in [0.25, 0.3) is 5.91 Å². The molecule has 2 aromatic heterocycles. The molecule has 0 bridgehead atoms. The third-order valence-corrected chi connectivity index (χ3v) is 5.09. The maximum absolute atomic E-state index is 12.5. The van der Waals surface area contributed by atoms with Crippen LogP contribution in [0.2, 0.25) is 0 Å². The van der Waals surface area contributed by atoms with E-state index >= 15 is 0 Å². The van der Waals surface area contributed by atoms with E-state index in [1.54, 1.807) is 11.0 Å². The Morgan fingerprint density at radius 2 is 1.79 bits per heavy atom. The van der Waals surface area contributed by atoms with Crippen LogP contribution in [0.3, 0.4) is 0 Å². The first-order valence-electron chi connectivity index (χ1n) is 9.50. The zero-order valence-electron chi connectivity index (χ0n) is 16.5. The van der Waals surface area contributed by atoms with Crippen molar-refractivity contribution in [3.8, 4) is 11.6 Å². The number of rotatable bonds is 5. The maximum atomic E-state index is 12.5. The molecule has 3 aromatic rings. The Hall–Kier alpha value is -3.49. The summed E-state index contributed by atoms with van der Waals surface area (Å²) in [5, 5.41) is 4.09. The Morgan fingerprint density at radius 3 is 2.52 bits per heavy atom. The van der Waals surface area contributed by atoms with Crippen LogP contribution < -0.4 is 9.64 Å². The first-order valence-corrected chi connectivity index (χ1v) is 9.50. The summed E-state index contributed by atoms with van der Waals surface area (Å²) in [5.74, 6) is 2.19. The zero-order valence-corrected chi connectivity index (χ0v) is 16.5. The lowest BCUT2D eigenvalue weighted by Crippen LogP contribution is -2.50. The Morgan fingerprint density at radius 1 is 1.00 bits per heavy atom. The normalized spacial score (nSPS) is 14.1. The molecule has 1 aliphatic heterocycles. The van der Waals surface area contributed by atoms with Crippen LogP contribution in [0.1, 0.15) is 11.1 Å². The fraction of sp³-hybridized carbons (Fsp3) is 0.350. The summed E-state index contributed by atoms with van der Waals surface area (Å²) >= 11 is 0. The summed E-state index contributed by atoms with van der Waals surface area (Å²) in [7, 11) is 0. The molecule has 0 atom stereocenters. The monoisotopic (exact) mass is 393 g/mol. The molecule has 1 aromatic carbocycles. The molecule has 3 heterocycles. The number of carbonyl (C=O) groups is 1. The lowest BCUT2D eigenvalue weighted by atomic mass is 10.1. The fourth-order valence-electron chi connectivity index (χ4n) is 3.19. The minimum absolute atomic E-state index is 0.00568. The largest absolute Gasteiger partial charge is 0.484 e. The van der Waals surface area contributed by atoms with Crippen molar-refractivity contribution >= 4 is 11.7 Å². The molecule has 29 heavy (non-hydrogen) atoms. The average molecular weight is 393 g/mol. The number of amides is 1. The van der Waals surface area contributed by atoms with Crippen LogP contribution in [0.15, 0.2) is 43.2 Å². The van der Waals surface area contributed by atoms with Gasteiger partial charge in [0.15, 0.2) is 12.4 Å². The van der Waals surface area contributed by atoms with Crippen LogP contribution in [0, 0.1) is 13.8 Å². The van der Waals surface area contributed by atoms with E-state index in [1.165, 1.54) is 18.2 Å². The highest BCUT2D eigenvalue weighted by Gasteiger charge is 2.22. The standard InChI is InChI=1S/C20H23N7O2/c1-15-3-4-17(9-16(15)2)29-11-20(28)26-7-5-25(6-8-26)18-10-19(23-13-22-18)27-14-21-12-24-27/h3-4,9-10,12-14H,5-8,11H2,1-2H3. The number of aryl methyl sites for hydroxylation is 2. The van der Waals surface area contributed by atoms with Gasteiger partial charge < -0.3 is 14.5 Å². The van der Waals surface area contributed by atoms with E-state index in [0.717, 1.165) is 17.1 Å². The Labute approximate surface area is 169 Å². The highest BCUT2D eigenvalue weighted by atomic mass is 16.5. The molecule has 1 fully saturated rings. The van der Waals surface area contributed by atoms with Crippen molar-refractivity contribution < 1.29 is 9.53 Å². The van der Waals surface area contributed by atoms with E-state index < -0.39 is 0 Å². The summed E-state index contributed by atoms with van der Waals surface area (Å²) in [5.41, 5.74) is 2.36. The average Bonchev–Trinajstić information content (AvgIpc) is 3.30. The molecule has 0 unspecified atom stereocenters. The highest BCUT2D eigenvalue weighted by molar-refractivity contribution is 5.78. The number of hydrogen-bond donors (Lipinski definition) is 0. The van der Waals surface area contributed by atoms with Crippen molar-refractivity contribution in [1.82, 2.24) is 29.6 Å². The van der Waals surface area contributed by atoms with Crippen molar-refractivity contribution in [3.63, 3.8) is 0 Å². The summed E-state index contributed by atoms with van der Waals surface area (Å²) in [4.78, 5) is 29.0. The molecule has 0 spiro atoms. The smallest absolute Gasteiger partial charge is 0.260 e. The van der Waals surface area contributed by atoms with Gasteiger partial charge in [-0.2, -0.15) is 5.10 Å². The predicted molar refractivity (Wildman–Crippen MR) is 107 cm³/mol. The molecular formula is C20H23N7O2. The second-order valence-electron chi connectivity index (χ2n) is 6.98. The number of benzene rings is 1. The van der Waals surface area contributed by atoms with Gasteiger partial charge in [0, 0.05) is 32.2 Å². The maximum Gasteiger partial charge on any atom is 0.260 e. The van der Waals surface area contributed by atoms with Gasteiger partial charge in [0.1, 0.15) is 30.5 Å². The van der Waals surface area contributed by atoms with Crippen molar-refractivity contribution in [1.29, 1.82) is 0 Å². The second kappa shape index (κ2) is 8.26. The van der Waals surface area contributed by atoms with Crippen LogP contribution >= 0.6 is 0 Å². The number of piperazine rings is 1. The van der Waals surface area contributed by atoms with E-state index in [-0.39, 0.29) is 12.5 Å². The molecule has 0 aliphatic carbocycles. The third-order valence-electron chi connectivity index (χ3n) is 5.09. The number of nitrogens with zero attached hydrogens (tertiary/aromatic N) is 7. The lowest BCUT2D eigenvalue weighted by Gasteiger charge is -2.35. The van der Waals surface area contributed by atoms with Crippen LogP contribution in [0.5, 0.6) is 5.75 Å². The molecule has 0 radical (unpaired) electrons. The van der Waals surface area contributed by atoms with Gasteiger partial charge in [0.2, 0.25) is 0 Å². The zero-order chi connectivity index (χ0) is 20.2. The van der Waals surface area contributed by atoms with Crippen LogP contribution in [-0.2, 0) is 4.79 Å². The van der Waals surface area contributed by atoms with E-state index in [9.17, 15) is 4.79 Å². The van der Waals surface area contributed by atoms with Gasteiger partial charge in [-0.25, -0.2) is 19.6 Å². The topological polar surface area (TPSA) is 89.3 Å². The SMILES string of the molecule is Cc1ccc(OCC(=O)N2CCN(c3cc(-n4cncn4)ncn3)CC2)cc1C. The Kier molecular flexibility index (Phi) is 5.37. The Bertz CT molecular complexity index is 982. The number of anilines is 1. The minimum Gasteiger partial charge on any atom is -0.484 e. The third kappa shape index (κ3) is 4.34. The van der Waals surface area contributed by atoms with Gasteiger partial charge in [-0.1, -0.05) is 6.07 Å². The summed E-state index contributed by atoms with van der Waals surface area (Å²) in [6.07, 6.45) is 4.58. The van der Waals surface area contributed by atoms with E-state index in [4.69, 9.17) is 4.74 Å². The van der Waals surface area contributed by atoms with Crippen LogP contribution in [0.4, 0.5) is 5.82 Å². The number of aromatic nitrogens is 5. The molecule has 150 valence electrons.